The van der Waals surface area contributed by atoms with Crippen LogP contribution in [-0.4, -0.2) is 24.1 Å². The van der Waals surface area contributed by atoms with Gasteiger partial charge in [-0.3, -0.25) is 9.59 Å². The minimum atomic E-state index is -3.05. The van der Waals surface area contributed by atoms with Crippen LogP contribution < -0.4 is 24.2 Å². The number of ether oxygens (including phenoxy) is 2. The number of Topliss-reactive ketones (excluding diaryl/α,β-unsaturated/α-hetero) is 1. The Kier molecular flexibility index (Phi) is 6.47. The van der Waals surface area contributed by atoms with E-state index in [-0.39, 0.29) is 32.9 Å². The molecule has 1 aromatic heterocycles. The van der Waals surface area contributed by atoms with E-state index in [4.69, 9.17) is 4.74 Å². The number of thiazole rings is 1. The van der Waals surface area contributed by atoms with Crippen molar-refractivity contribution in [1.82, 2.24) is 4.57 Å². The summed E-state index contributed by atoms with van der Waals surface area (Å²) in [5, 5.41) is 0. The van der Waals surface area contributed by atoms with Crippen molar-refractivity contribution in [3.63, 3.8) is 0 Å². The molecule has 0 aliphatic carbocycles. The van der Waals surface area contributed by atoms with Crippen molar-refractivity contribution in [2.24, 2.45) is 7.05 Å². The maximum Gasteiger partial charge on any atom is 0.387 e. The second-order valence-electron chi connectivity index (χ2n) is 6.39. The van der Waals surface area contributed by atoms with Crippen molar-refractivity contribution >= 4 is 29.3 Å². The molecule has 0 amide bonds. The maximum atomic E-state index is 12.8. The summed E-state index contributed by atoms with van der Waals surface area (Å²) >= 11 is 1.09. The number of aromatic nitrogens is 1. The molecule has 0 saturated heterocycles. The van der Waals surface area contributed by atoms with Gasteiger partial charge in [-0.2, -0.15) is 8.78 Å². The lowest BCUT2D eigenvalue weighted by Gasteiger charge is -2.12. The Morgan fingerprint density at radius 1 is 1.17 bits per heavy atom. The normalized spacial score (nSPS) is 12.5. The molecular formula is C22H19F2NO4S. The Bertz CT molecular complexity index is 1260. The Hall–Kier alpha value is -3.26. The summed E-state index contributed by atoms with van der Waals surface area (Å²) in [4.78, 5) is 25.3. The minimum Gasteiger partial charge on any atom is -0.493 e. The molecule has 0 bridgehead atoms. The van der Waals surface area contributed by atoms with Crippen LogP contribution >= 0.6 is 11.3 Å². The van der Waals surface area contributed by atoms with Gasteiger partial charge in [0.25, 0.3) is 5.56 Å². The monoisotopic (exact) mass is 431 g/mol. The van der Waals surface area contributed by atoms with Gasteiger partial charge in [0.2, 0.25) is 0 Å². The van der Waals surface area contributed by atoms with Crippen molar-refractivity contribution in [3.05, 3.63) is 78.7 Å². The van der Waals surface area contributed by atoms with Crippen molar-refractivity contribution in [2.75, 3.05) is 7.11 Å². The summed E-state index contributed by atoms with van der Waals surface area (Å²) in [7, 11) is 2.89. The third-order valence-electron chi connectivity index (χ3n) is 4.45. The topological polar surface area (TPSA) is 57.5 Å². The summed E-state index contributed by atoms with van der Waals surface area (Å²) < 4.78 is 37.4. The van der Waals surface area contributed by atoms with Gasteiger partial charge < -0.3 is 14.0 Å². The van der Waals surface area contributed by atoms with Crippen molar-refractivity contribution in [1.29, 1.82) is 0 Å². The maximum absolute atomic E-state index is 12.8. The smallest absolute Gasteiger partial charge is 0.387 e. The van der Waals surface area contributed by atoms with E-state index in [1.165, 1.54) is 29.9 Å². The summed E-state index contributed by atoms with van der Waals surface area (Å²) in [6.07, 6.45) is 2.84. The molecule has 30 heavy (non-hydrogen) atoms. The Morgan fingerprint density at radius 2 is 1.90 bits per heavy atom. The van der Waals surface area contributed by atoms with Crippen molar-refractivity contribution < 1.29 is 23.0 Å². The number of hydrogen-bond acceptors (Lipinski definition) is 5. The van der Waals surface area contributed by atoms with Gasteiger partial charge in [-0.05, 0) is 24.6 Å². The average molecular weight is 431 g/mol. The molecule has 1 heterocycles. The van der Waals surface area contributed by atoms with Crippen LogP contribution in [0, 0.1) is 6.92 Å². The molecule has 0 atom stereocenters. The summed E-state index contributed by atoms with van der Waals surface area (Å²) in [6, 6.07) is 11.8. The fourth-order valence-electron chi connectivity index (χ4n) is 2.91. The molecule has 0 aliphatic rings. The van der Waals surface area contributed by atoms with Crippen LogP contribution in [0.5, 0.6) is 11.5 Å². The first-order chi connectivity index (χ1) is 14.3. The highest BCUT2D eigenvalue weighted by Gasteiger charge is 2.15. The number of para-hydroxylation sites is 1. The summed E-state index contributed by atoms with van der Waals surface area (Å²) in [6.45, 7) is -1.21. The van der Waals surface area contributed by atoms with Gasteiger partial charge in [0.05, 0.1) is 11.6 Å². The lowest BCUT2D eigenvalue weighted by atomic mass is 10.1. The van der Waals surface area contributed by atoms with Crippen LogP contribution in [0.15, 0.2) is 47.3 Å². The molecule has 0 aliphatic heterocycles. The number of methoxy groups -OCH3 is 1. The minimum absolute atomic E-state index is 0.124. The van der Waals surface area contributed by atoms with E-state index in [1.807, 2.05) is 19.1 Å². The van der Waals surface area contributed by atoms with E-state index in [1.54, 1.807) is 31.3 Å². The van der Waals surface area contributed by atoms with E-state index in [9.17, 15) is 18.4 Å². The van der Waals surface area contributed by atoms with Crippen molar-refractivity contribution in [3.8, 4) is 11.5 Å². The average Bonchev–Trinajstić information content (AvgIpc) is 2.97. The van der Waals surface area contributed by atoms with Gasteiger partial charge in [0, 0.05) is 24.3 Å². The number of ketones is 1. The van der Waals surface area contributed by atoms with E-state index >= 15 is 0 Å². The van der Waals surface area contributed by atoms with E-state index in [0.29, 0.717) is 10.2 Å². The van der Waals surface area contributed by atoms with E-state index in [2.05, 4.69) is 4.74 Å². The molecule has 3 aromatic rings. The standard InChI is InChI=1S/C22H19F2NO4S/c1-13-7-4-5-9-15(13)16(26)12-19-25(2)21(27)18(30-19)11-14-8-6-10-17(28-3)20(14)29-22(23)24/h4-12,22H,1-3H3/b18-11-,19-12-. The van der Waals surface area contributed by atoms with Gasteiger partial charge in [-0.25, -0.2) is 0 Å². The van der Waals surface area contributed by atoms with E-state index < -0.39 is 6.61 Å². The first-order valence-electron chi connectivity index (χ1n) is 8.93. The van der Waals surface area contributed by atoms with Crippen LogP contribution in [0.2, 0.25) is 0 Å². The number of alkyl halides is 2. The van der Waals surface area contributed by atoms with Gasteiger partial charge >= 0.3 is 6.61 Å². The van der Waals surface area contributed by atoms with E-state index in [0.717, 1.165) is 16.9 Å². The number of benzene rings is 2. The lowest BCUT2D eigenvalue weighted by molar-refractivity contribution is -0.0513. The molecule has 0 saturated carbocycles. The molecule has 0 N–H and O–H groups in total. The summed E-state index contributed by atoms with van der Waals surface area (Å²) in [5.41, 5.74) is 1.29. The molecule has 3 rings (SSSR count). The highest BCUT2D eigenvalue weighted by atomic mass is 32.1. The van der Waals surface area contributed by atoms with Crippen LogP contribution in [0.3, 0.4) is 0 Å². The first kappa shape index (κ1) is 21.4. The number of nitrogens with zero attached hydrogens (tertiary/aromatic N) is 1. The highest BCUT2D eigenvalue weighted by Crippen LogP contribution is 2.32. The zero-order valence-corrected chi connectivity index (χ0v) is 17.3. The number of carbonyl (C=O) groups is 1. The fourth-order valence-corrected chi connectivity index (χ4v) is 3.93. The number of aryl methyl sites for hydroxylation is 1. The van der Waals surface area contributed by atoms with Gasteiger partial charge in [-0.1, -0.05) is 36.4 Å². The Morgan fingerprint density at radius 3 is 2.57 bits per heavy atom. The van der Waals surface area contributed by atoms with Gasteiger partial charge in [0.1, 0.15) is 4.66 Å². The zero-order valence-electron chi connectivity index (χ0n) is 16.5. The number of hydrogen-bond donors (Lipinski definition) is 0. The van der Waals surface area contributed by atoms with Crippen LogP contribution in [0.1, 0.15) is 21.5 Å². The third-order valence-corrected chi connectivity index (χ3v) is 5.56. The second-order valence-corrected chi connectivity index (χ2v) is 7.46. The quantitative estimate of drug-likeness (QED) is 0.564. The molecule has 2 aromatic carbocycles. The Labute approximate surface area is 175 Å². The van der Waals surface area contributed by atoms with Gasteiger partial charge in [0.15, 0.2) is 17.3 Å². The van der Waals surface area contributed by atoms with Crippen LogP contribution in [0.25, 0.3) is 12.2 Å². The molecule has 156 valence electrons. The zero-order chi connectivity index (χ0) is 21.8. The molecule has 0 unspecified atom stereocenters. The third kappa shape index (κ3) is 4.49. The molecular weight excluding hydrogens is 412 g/mol. The number of rotatable bonds is 6. The molecule has 8 heteroatoms. The molecule has 0 fully saturated rings. The molecule has 0 spiro atoms. The largest absolute Gasteiger partial charge is 0.493 e. The number of halogens is 2. The highest BCUT2D eigenvalue weighted by molar-refractivity contribution is 7.07. The predicted molar refractivity (Wildman–Crippen MR) is 112 cm³/mol. The SMILES string of the molecule is COc1cccc(/C=c2\s/c(=C\C(=O)c3ccccc3C)n(C)c2=O)c1OC(F)F. The van der Waals surface area contributed by atoms with Gasteiger partial charge in [-0.15, -0.1) is 11.3 Å². The van der Waals surface area contributed by atoms with Crippen molar-refractivity contribution in [2.45, 2.75) is 13.5 Å². The second kappa shape index (κ2) is 9.04. The first-order valence-corrected chi connectivity index (χ1v) is 9.74. The van der Waals surface area contributed by atoms with Crippen LogP contribution in [-0.2, 0) is 7.05 Å². The predicted octanol–water partition coefficient (Wildman–Crippen LogP) is 2.86. The lowest BCUT2D eigenvalue weighted by Crippen LogP contribution is -2.29. The fraction of sp³-hybridized carbons (Fsp3) is 0.182. The Balaban J connectivity index is 2.13. The number of carbonyl (C=O) groups excluding carboxylic acids is 1. The molecule has 5 nitrogen and oxygen atoms in total. The summed E-state index contributed by atoms with van der Waals surface area (Å²) in [5.74, 6) is -0.259. The van der Waals surface area contributed by atoms with Crippen LogP contribution in [0.4, 0.5) is 8.78 Å². The molecule has 0 radical (unpaired) electrons.